The molecule has 0 bridgehead atoms. The topological polar surface area (TPSA) is 51.4 Å². The molecule has 4 aromatic heterocycles. The van der Waals surface area contributed by atoms with Crippen molar-refractivity contribution >= 4 is 54.6 Å². The van der Waals surface area contributed by atoms with Gasteiger partial charge in [-0.3, -0.25) is 9.13 Å². The van der Waals surface area contributed by atoms with Gasteiger partial charge in [-0.1, -0.05) is 127 Å². The van der Waals surface area contributed by atoms with Gasteiger partial charge in [0.2, 0.25) is 0 Å². The van der Waals surface area contributed by atoms with Gasteiger partial charge in [0.05, 0.1) is 27.6 Å². The van der Waals surface area contributed by atoms with E-state index in [0.29, 0.717) is 0 Å². The molecule has 0 fully saturated rings. The zero-order valence-corrected chi connectivity index (χ0v) is 33.8. The molecule has 0 aliphatic heterocycles. The predicted octanol–water partition coefficient (Wildman–Crippen LogP) is 14.4. The van der Waals surface area contributed by atoms with Crippen molar-refractivity contribution in [2.24, 2.45) is 0 Å². The van der Waals surface area contributed by atoms with Crippen LogP contribution in [0.25, 0.3) is 111 Å². The molecule has 0 saturated carbocycles. The van der Waals surface area contributed by atoms with Gasteiger partial charge in [-0.2, -0.15) is 0 Å². The molecule has 4 heterocycles. The number of hydrogen-bond acceptors (Lipinski definition) is 2. The van der Waals surface area contributed by atoms with Gasteiger partial charge in [-0.05, 0) is 113 Å². The third-order valence-corrected chi connectivity index (χ3v) is 12.4. The number of nitrogens with zero attached hydrogens (tertiary/aromatic N) is 4. The van der Waals surface area contributed by atoms with Crippen LogP contribution in [0.2, 0.25) is 0 Å². The number of H-pyrrole nitrogens is 1. The second-order valence-electron chi connectivity index (χ2n) is 16.0. The standard InChI is InChI=1S/C56H39N5/c1-35-14-11-15-36(2)53(35)40-27-29-49-47(32-40)44-28-26-39(33-51(44)61(49)52-34-38(30-31-57-52)37-16-5-3-6-17-37)42-21-13-25-50-55(42)59-56(60(50)41-18-7-4-8-19-41)46-23-12-22-45-43-20-9-10-24-48(43)58-54(45)46/h3-34,58H,1-2H3. The number of imidazole rings is 1. The number of fused-ring (bicyclic) bond motifs is 7. The van der Waals surface area contributed by atoms with Crippen molar-refractivity contribution in [1.82, 2.24) is 24.1 Å². The van der Waals surface area contributed by atoms with Crippen LogP contribution in [-0.4, -0.2) is 24.1 Å². The van der Waals surface area contributed by atoms with E-state index in [1.807, 2.05) is 6.20 Å². The first-order valence-corrected chi connectivity index (χ1v) is 20.8. The van der Waals surface area contributed by atoms with Crippen LogP contribution in [0.15, 0.2) is 194 Å². The normalized spacial score (nSPS) is 11.8. The summed E-state index contributed by atoms with van der Waals surface area (Å²) in [4.78, 5) is 14.4. The number of hydrogen-bond donors (Lipinski definition) is 1. The maximum Gasteiger partial charge on any atom is 0.147 e. The van der Waals surface area contributed by atoms with Crippen molar-refractivity contribution < 1.29 is 0 Å². The van der Waals surface area contributed by atoms with Crippen molar-refractivity contribution in [1.29, 1.82) is 0 Å². The SMILES string of the molecule is Cc1cccc(C)c1-c1ccc2c(c1)c1ccc(-c3cccc4c3nc(-c3cccc5c3[nH]c3ccccc35)n4-c3ccccc3)cc1n2-c1cc(-c2ccccc2)ccn1. The van der Waals surface area contributed by atoms with Crippen LogP contribution in [0.1, 0.15) is 11.1 Å². The van der Waals surface area contributed by atoms with Crippen molar-refractivity contribution in [2.45, 2.75) is 13.8 Å². The summed E-state index contributed by atoms with van der Waals surface area (Å²) in [5.41, 5.74) is 18.0. The van der Waals surface area contributed by atoms with Gasteiger partial charge in [0.1, 0.15) is 11.6 Å². The average Bonchev–Trinajstić information content (AvgIpc) is 3.99. The monoisotopic (exact) mass is 781 g/mol. The second-order valence-corrected chi connectivity index (χ2v) is 16.0. The highest BCUT2D eigenvalue weighted by atomic mass is 15.1. The molecule has 12 rings (SSSR count). The zero-order chi connectivity index (χ0) is 40.6. The molecule has 5 heteroatoms. The van der Waals surface area contributed by atoms with E-state index in [4.69, 9.17) is 9.97 Å². The Morgan fingerprint density at radius 1 is 0.443 bits per heavy atom. The molecule has 5 nitrogen and oxygen atoms in total. The smallest absolute Gasteiger partial charge is 0.147 e. The quantitative estimate of drug-likeness (QED) is 0.183. The molecule has 0 saturated heterocycles. The largest absolute Gasteiger partial charge is 0.354 e. The fraction of sp³-hybridized carbons (Fsp3) is 0.0357. The minimum atomic E-state index is 0.874. The van der Waals surface area contributed by atoms with Crippen LogP contribution in [0.5, 0.6) is 0 Å². The molecule has 12 aromatic rings. The van der Waals surface area contributed by atoms with Crippen molar-refractivity contribution in [2.75, 3.05) is 0 Å². The number of rotatable bonds is 6. The van der Waals surface area contributed by atoms with E-state index in [2.05, 4.69) is 216 Å². The summed E-state index contributed by atoms with van der Waals surface area (Å²) in [5, 5.41) is 4.75. The average molecular weight is 782 g/mol. The Balaban J connectivity index is 1.11. The van der Waals surface area contributed by atoms with Crippen LogP contribution < -0.4 is 0 Å². The maximum absolute atomic E-state index is 5.59. The summed E-state index contributed by atoms with van der Waals surface area (Å²) in [6.07, 6.45) is 1.93. The summed E-state index contributed by atoms with van der Waals surface area (Å²) in [6.45, 7) is 4.40. The Bertz CT molecular complexity index is 3640. The third kappa shape index (κ3) is 5.55. The lowest BCUT2D eigenvalue weighted by Crippen LogP contribution is -1.98. The highest BCUT2D eigenvalue weighted by molar-refractivity contribution is 6.13. The van der Waals surface area contributed by atoms with Crippen LogP contribution in [-0.2, 0) is 0 Å². The molecule has 288 valence electrons. The summed E-state index contributed by atoms with van der Waals surface area (Å²) >= 11 is 0. The second kappa shape index (κ2) is 13.8. The van der Waals surface area contributed by atoms with Gasteiger partial charge in [-0.15, -0.1) is 0 Å². The van der Waals surface area contributed by atoms with Crippen molar-refractivity contribution in [3.05, 3.63) is 205 Å². The molecule has 1 N–H and O–H groups in total. The highest BCUT2D eigenvalue weighted by Gasteiger charge is 2.22. The Morgan fingerprint density at radius 2 is 1.16 bits per heavy atom. The lowest BCUT2D eigenvalue weighted by molar-refractivity contribution is 1.08. The summed E-state index contributed by atoms with van der Waals surface area (Å²) < 4.78 is 4.64. The molecule has 0 aliphatic rings. The fourth-order valence-corrected chi connectivity index (χ4v) is 9.62. The van der Waals surface area contributed by atoms with E-state index in [0.717, 1.165) is 78.2 Å². The van der Waals surface area contributed by atoms with Crippen LogP contribution in [0.4, 0.5) is 0 Å². The number of benzene rings is 8. The van der Waals surface area contributed by atoms with Crippen LogP contribution >= 0.6 is 0 Å². The Hall–Kier alpha value is -8.02. The van der Waals surface area contributed by atoms with Crippen molar-refractivity contribution in [3.63, 3.8) is 0 Å². The van der Waals surface area contributed by atoms with Gasteiger partial charge in [0.25, 0.3) is 0 Å². The summed E-state index contributed by atoms with van der Waals surface area (Å²) in [5.74, 6) is 1.76. The highest BCUT2D eigenvalue weighted by Crippen LogP contribution is 2.42. The fourth-order valence-electron chi connectivity index (χ4n) is 9.62. The number of nitrogens with one attached hydrogen (secondary N) is 1. The number of aryl methyl sites for hydroxylation is 2. The summed E-state index contributed by atoms with van der Waals surface area (Å²) in [6, 6.07) is 67.3. The molecule has 8 aromatic carbocycles. The minimum absolute atomic E-state index is 0.874. The van der Waals surface area contributed by atoms with Crippen molar-refractivity contribution in [3.8, 4) is 56.3 Å². The van der Waals surface area contributed by atoms with E-state index in [1.165, 1.54) is 43.8 Å². The molecular formula is C56H39N5. The van der Waals surface area contributed by atoms with Gasteiger partial charge >= 0.3 is 0 Å². The van der Waals surface area contributed by atoms with Gasteiger partial charge in [-0.25, -0.2) is 9.97 Å². The molecule has 61 heavy (non-hydrogen) atoms. The number of pyridine rings is 1. The van der Waals surface area contributed by atoms with E-state index in [1.54, 1.807) is 0 Å². The Labute approximate surface area is 352 Å². The minimum Gasteiger partial charge on any atom is -0.354 e. The van der Waals surface area contributed by atoms with Crippen LogP contribution in [0, 0.1) is 13.8 Å². The Kier molecular flexibility index (Phi) is 7.91. The molecular weight excluding hydrogens is 743 g/mol. The molecule has 0 amide bonds. The number of aromatic nitrogens is 5. The maximum atomic E-state index is 5.59. The zero-order valence-electron chi connectivity index (χ0n) is 33.8. The number of aromatic amines is 1. The van der Waals surface area contributed by atoms with Gasteiger partial charge < -0.3 is 4.98 Å². The van der Waals surface area contributed by atoms with E-state index < -0.39 is 0 Å². The lowest BCUT2D eigenvalue weighted by atomic mass is 9.94. The van der Waals surface area contributed by atoms with E-state index in [-0.39, 0.29) is 0 Å². The van der Waals surface area contributed by atoms with E-state index in [9.17, 15) is 0 Å². The Morgan fingerprint density at radius 3 is 2.02 bits per heavy atom. The third-order valence-electron chi connectivity index (χ3n) is 12.4. The molecule has 0 atom stereocenters. The first-order valence-electron chi connectivity index (χ1n) is 20.8. The molecule has 0 unspecified atom stereocenters. The summed E-state index contributed by atoms with van der Waals surface area (Å²) in [7, 11) is 0. The molecule has 0 aliphatic carbocycles. The van der Waals surface area contributed by atoms with Gasteiger partial charge in [0.15, 0.2) is 0 Å². The molecule has 0 spiro atoms. The lowest BCUT2D eigenvalue weighted by Gasteiger charge is -2.12. The van der Waals surface area contributed by atoms with Crippen LogP contribution in [0.3, 0.4) is 0 Å². The first kappa shape index (κ1) is 35.0. The molecule has 0 radical (unpaired) electrons. The van der Waals surface area contributed by atoms with E-state index >= 15 is 0 Å². The first-order chi connectivity index (χ1) is 30.1. The predicted molar refractivity (Wildman–Crippen MR) is 254 cm³/mol. The number of para-hydroxylation sites is 4. The van der Waals surface area contributed by atoms with Gasteiger partial charge in [0, 0.05) is 50.1 Å².